The van der Waals surface area contributed by atoms with Crippen molar-refractivity contribution in [1.82, 2.24) is 9.46 Å². The molecule has 1 aliphatic carbocycles. The maximum Gasteiger partial charge on any atom is 0.140 e. The normalized spacial score (nSPS) is 27.2. The average Bonchev–Trinajstić information content (AvgIpc) is 3.07. The lowest BCUT2D eigenvalue weighted by molar-refractivity contribution is -0.00289. The SMILES string of the molecule is ISN1CCO[C@@H](c2cc(C3CC3)on2)C1. The highest BCUT2D eigenvalue weighted by atomic mass is 127. The predicted octanol–water partition coefficient (Wildman–Crippen LogP) is 2.92. The van der Waals surface area contributed by atoms with Crippen LogP contribution in [0.1, 0.15) is 36.3 Å². The number of nitrogens with zero attached hydrogens (tertiary/aromatic N) is 2. The molecule has 1 atom stereocenters. The molecule has 4 nitrogen and oxygen atoms in total. The summed E-state index contributed by atoms with van der Waals surface area (Å²) >= 11 is 2.31. The van der Waals surface area contributed by atoms with E-state index in [-0.39, 0.29) is 6.10 Å². The first-order chi connectivity index (χ1) is 7.86. The summed E-state index contributed by atoms with van der Waals surface area (Å²) in [7, 11) is 1.73. The predicted molar refractivity (Wildman–Crippen MR) is 70.4 cm³/mol. The fraction of sp³-hybridized carbons (Fsp3) is 0.700. The summed E-state index contributed by atoms with van der Waals surface area (Å²) in [6.07, 6.45) is 2.57. The third-order valence-electron chi connectivity index (χ3n) is 2.98. The number of ether oxygens (including phenoxy) is 1. The van der Waals surface area contributed by atoms with Crippen molar-refractivity contribution >= 4 is 30.3 Å². The van der Waals surface area contributed by atoms with Crippen LogP contribution in [0.25, 0.3) is 0 Å². The second kappa shape index (κ2) is 4.83. The Hall–Kier alpha value is 0.210. The molecule has 6 heteroatoms. The van der Waals surface area contributed by atoms with E-state index in [9.17, 15) is 0 Å². The molecule has 0 spiro atoms. The number of hydrogen-bond donors (Lipinski definition) is 0. The van der Waals surface area contributed by atoms with Crippen LogP contribution in [0.3, 0.4) is 0 Å². The maximum atomic E-state index is 5.73. The lowest BCUT2D eigenvalue weighted by Crippen LogP contribution is -2.33. The molecule has 2 aliphatic rings. The van der Waals surface area contributed by atoms with Crippen molar-refractivity contribution in [1.29, 1.82) is 0 Å². The van der Waals surface area contributed by atoms with Gasteiger partial charge < -0.3 is 9.26 Å². The van der Waals surface area contributed by atoms with Gasteiger partial charge in [0.25, 0.3) is 0 Å². The van der Waals surface area contributed by atoms with Gasteiger partial charge in [0.15, 0.2) is 0 Å². The minimum atomic E-state index is 0.0762. The Morgan fingerprint density at radius 1 is 1.50 bits per heavy atom. The lowest BCUT2D eigenvalue weighted by atomic mass is 10.2. The Kier molecular flexibility index (Phi) is 3.42. The van der Waals surface area contributed by atoms with Gasteiger partial charge in [-0.3, -0.25) is 0 Å². The largest absolute Gasteiger partial charge is 0.369 e. The summed E-state index contributed by atoms with van der Waals surface area (Å²) in [4.78, 5) is 0. The molecule has 0 N–H and O–H groups in total. The van der Waals surface area contributed by atoms with E-state index in [4.69, 9.17) is 9.26 Å². The van der Waals surface area contributed by atoms with E-state index in [0.717, 1.165) is 31.2 Å². The van der Waals surface area contributed by atoms with Crippen LogP contribution in [0.15, 0.2) is 10.6 Å². The van der Waals surface area contributed by atoms with Crippen molar-refractivity contribution in [3.8, 4) is 0 Å². The Morgan fingerprint density at radius 2 is 2.38 bits per heavy atom. The third-order valence-corrected chi connectivity index (χ3v) is 5.18. The van der Waals surface area contributed by atoms with Gasteiger partial charge in [0, 0.05) is 46.3 Å². The minimum Gasteiger partial charge on any atom is -0.369 e. The van der Waals surface area contributed by atoms with Gasteiger partial charge in [0.1, 0.15) is 17.6 Å². The highest BCUT2D eigenvalue weighted by molar-refractivity contribution is 14.2. The fourth-order valence-corrected chi connectivity index (χ4v) is 3.29. The molecule has 0 aromatic carbocycles. The molecule has 0 radical (unpaired) electrons. The summed E-state index contributed by atoms with van der Waals surface area (Å²) in [6, 6.07) is 2.07. The number of halogens is 1. The van der Waals surface area contributed by atoms with Crippen LogP contribution in [-0.2, 0) is 4.74 Å². The van der Waals surface area contributed by atoms with Gasteiger partial charge in [-0.05, 0) is 22.0 Å². The Morgan fingerprint density at radius 3 is 3.12 bits per heavy atom. The average molecular weight is 352 g/mol. The number of morpholine rings is 1. The molecular weight excluding hydrogens is 339 g/mol. The van der Waals surface area contributed by atoms with Gasteiger partial charge in [-0.1, -0.05) is 5.16 Å². The van der Waals surface area contributed by atoms with Crippen LogP contribution in [-0.4, -0.2) is 29.2 Å². The van der Waals surface area contributed by atoms with Crippen LogP contribution in [0.2, 0.25) is 0 Å². The van der Waals surface area contributed by atoms with Gasteiger partial charge >= 0.3 is 0 Å². The van der Waals surface area contributed by atoms with Crippen molar-refractivity contribution in [2.75, 3.05) is 19.7 Å². The van der Waals surface area contributed by atoms with Gasteiger partial charge in [0.2, 0.25) is 0 Å². The van der Waals surface area contributed by atoms with Crippen LogP contribution in [0.4, 0.5) is 0 Å². The Labute approximate surface area is 111 Å². The van der Waals surface area contributed by atoms with E-state index in [0.29, 0.717) is 5.92 Å². The summed E-state index contributed by atoms with van der Waals surface area (Å²) < 4.78 is 13.4. The van der Waals surface area contributed by atoms with E-state index < -0.39 is 0 Å². The number of rotatable bonds is 3. The first-order valence-electron chi connectivity index (χ1n) is 5.48. The molecule has 0 unspecified atom stereocenters. The Bertz CT molecular complexity index is 369. The molecule has 1 saturated heterocycles. The standard InChI is InChI=1S/C10H13IN2O2S/c11-16-13-3-4-14-10(6-13)8-5-9(15-12-8)7-1-2-7/h5,7,10H,1-4,6H2/t10-/m1/s1. The van der Waals surface area contributed by atoms with Gasteiger partial charge in [-0.25, -0.2) is 4.31 Å². The molecule has 0 amide bonds. The second-order valence-corrected chi connectivity index (χ2v) is 6.08. The lowest BCUT2D eigenvalue weighted by Gasteiger charge is -2.28. The van der Waals surface area contributed by atoms with Crippen LogP contribution in [0, 0.1) is 0 Å². The molecular formula is C10H13IN2O2S. The van der Waals surface area contributed by atoms with Crippen LogP contribution >= 0.6 is 30.3 Å². The summed E-state index contributed by atoms with van der Waals surface area (Å²) in [5.74, 6) is 1.66. The molecule has 1 saturated carbocycles. The van der Waals surface area contributed by atoms with Crippen molar-refractivity contribution in [3.63, 3.8) is 0 Å². The van der Waals surface area contributed by atoms with E-state index in [1.165, 1.54) is 12.8 Å². The quantitative estimate of drug-likeness (QED) is 0.618. The summed E-state index contributed by atoms with van der Waals surface area (Å²) in [6.45, 7) is 2.65. The molecule has 2 heterocycles. The van der Waals surface area contributed by atoms with E-state index >= 15 is 0 Å². The third kappa shape index (κ3) is 2.39. The first-order valence-corrected chi connectivity index (χ1v) is 8.80. The van der Waals surface area contributed by atoms with Crippen LogP contribution < -0.4 is 0 Å². The fourth-order valence-electron chi connectivity index (χ4n) is 1.88. The highest BCUT2D eigenvalue weighted by Crippen LogP contribution is 2.41. The maximum absolute atomic E-state index is 5.73. The molecule has 16 heavy (non-hydrogen) atoms. The molecule has 1 aromatic rings. The molecule has 88 valence electrons. The van der Waals surface area contributed by atoms with Crippen molar-refractivity contribution in [2.45, 2.75) is 24.9 Å². The molecule has 2 fully saturated rings. The van der Waals surface area contributed by atoms with Gasteiger partial charge in [-0.15, -0.1) is 0 Å². The number of aromatic nitrogens is 1. The minimum absolute atomic E-state index is 0.0762. The molecule has 1 aromatic heterocycles. The van der Waals surface area contributed by atoms with Crippen molar-refractivity contribution in [3.05, 3.63) is 17.5 Å². The topological polar surface area (TPSA) is 38.5 Å². The van der Waals surface area contributed by atoms with Crippen LogP contribution in [0.5, 0.6) is 0 Å². The molecule has 3 rings (SSSR count). The zero-order chi connectivity index (χ0) is 11.0. The Balaban J connectivity index is 1.70. The van der Waals surface area contributed by atoms with E-state index in [1.54, 1.807) is 9.12 Å². The monoisotopic (exact) mass is 352 g/mol. The van der Waals surface area contributed by atoms with Crippen molar-refractivity contribution in [2.24, 2.45) is 0 Å². The molecule has 1 aliphatic heterocycles. The smallest absolute Gasteiger partial charge is 0.140 e. The summed E-state index contributed by atoms with van der Waals surface area (Å²) in [5.41, 5.74) is 0.956. The van der Waals surface area contributed by atoms with Gasteiger partial charge in [-0.2, -0.15) is 0 Å². The molecule has 0 bridgehead atoms. The van der Waals surface area contributed by atoms with E-state index in [1.807, 2.05) is 0 Å². The first kappa shape index (κ1) is 11.3. The van der Waals surface area contributed by atoms with E-state index in [2.05, 4.69) is 36.7 Å². The van der Waals surface area contributed by atoms with Crippen molar-refractivity contribution < 1.29 is 9.26 Å². The summed E-state index contributed by atoms with van der Waals surface area (Å²) in [5, 5.41) is 4.13. The zero-order valence-electron chi connectivity index (χ0n) is 8.76. The second-order valence-electron chi connectivity index (χ2n) is 4.24. The zero-order valence-corrected chi connectivity index (χ0v) is 11.7. The van der Waals surface area contributed by atoms with Gasteiger partial charge in [0.05, 0.1) is 6.61 Å². The number of hydrogen-bond acceptors (Lipinski definition) is 5. The highest BCUT2D eigenvalue weighted by Gasteiger charge is 2.30.